The summed E-state index contributed by atoms with van der Waals surface area (Å²) >= 11 is 0. The zero-order valence-electron chi connectivity index (χ0n) is 22.4. The van der Waals surface area contributed by atoms with Gasteiger partial charge in [-0.25, -0.2) is 0 Å². The van der Waals surface area contributed by atoms with Gasteiger partial charge in [0.1, 0.15) is 0 Å². The summed E-state index contributed by atoms with van der Waals surface area (Å²) < 4.78 is 4.76. The molecule has 0 aromatic carbocycles. The van der Waals surface area contributed by atoms with Gasteiger partial charge in [-0.1, -0.05) is 33.1 Å². The number of hydrogen-bond acceptors (Lipinski definition) is 4. The van der Waals surface area contributed by atoms with E-state index in [-0.39, 0.29) is 5.97 Å². The minimum Gasteiger partial charge on any atom is -0.469 e. The summed E-state index contributed by atoms with van der Waals surface area (Å²) in [6.07, 6.45) is 19.7. The van der Waals surface area contributed by atoms with Crippen molar-refractivity contribution in [3.63, 3.8) is 0 Å². The van der Waals surface area contributed by atoms with Gasteiger partial charge < -0.3 is 14.7 Å². The quantitative estimate of drug-likeness (QED) is 0.338. The van der Waals surface area contributed by atoms with Gasteiger partial charge in [0.2, 0.25) is 0 Å². The van der Waals surface area contributed by atoms with Gasteiger partial charge in [0, 0.05) is 13.7 Å². The summed E-state index contributed by atoms with van der Waals surface area (Å²) in [6, 6.07) is 0. The Morgan fingerprint density at radius 2 is 1.67 bits per heavy atom. The van der Waals surface area contributed by atoms with Gasteiger partial charge in [-0.3, -0.25) is 4.79 Å². The van der Waals surface area contributed by atoms with Gasteiger partial charge in [0.05, 0.1) is 13.5 Å². The lowest BCUT2D eigenvalue weighted by Gasteiger charge is -2.60. The number of unbranched alkanes of at least 4 members (excludes halogenated alkanes) is 1. The number of carbonyl (C=O) groups is 1. The fourth-order valence-corrected chi connectivity index (χ4v) is 9.15. The molecule has 4 fully saturated rings. The molecule has 7 atom stereocenters. The van der Waals surface area contributed by atoms with E-state index in [4.69, 9.17) is 9.84 Å². The minimum absolute atomic E-state index is 0.0940. The summed E-state index contributed by atoms with van der Waals surface area (Å²) in [6.45, 7) is 7.33. The highest BCUT2D eigenvalue weighted by atomic mass is 16.5. The van der Waals surface area contributed by atoms with Crippen LogP contribution in [0.25, 0.3) is 0 Å². The Bertz CT molecular complexity index is 624. The number of nitrogens with zero attached hydrogens (tertiary/aromatic N) is 1. The normalized spacial score (nSPS) is 39.7. The Kier molecular flexibility index (Phi) is 9.72. The number of esters is 1. The zero-order chi connectivity index (χ0) is 24.1. The third-order valence-corrected chi connectivity index (χ3v) is 11.0. The van der Waals surface area contributed by atoms with E-state index in [0.29, 0.717) is 17.3 Å². The highest BCUT2D eigenvalue weighted by molar-refractivity contribution is 5.69. The summed E-state index contributed by atoms with van der Waals surface area (Å²) in [5.74, 6) is 4.98. The number of hydrogen-bond donors (Lipinski definition) is 1. The van der Waals surface area contributed by atoms with E-state index in [0.717, 1.165) is 49.8 Å². The molecule has 0 aromatic rings. The van der Waals surface area contributed by atoms with Crippen LogP contribution in [0.2, 0.25) is 0 Å². The second-order valence-electron chi connectivity index (χ2n) is 12.3. The van der Waals surface area contributed by atoms with Crippen molar-refractivity contribution in [2.45, 2.75) is 104 Å². The maximum absolute atomic E-state index is 11.3. The van der Waals surface area contributed by atoms with Crippen LogP contribution in [0.5, 0.6) is 0 Å². The molecule has 0 aromatic heterocycles. The first-order valence-corrected chi connectivity index (χ1v) is 14.1. The van der Waals surface area contributed by atoms with Crippen LogP contribution in [0.4, 0.5) is 0 Å². The van der Waals surface area contributed by atoms with Crippen molar-refractivity contribution in [1.82, 2.24) is 4.90 Å². The molecule has 192 valence electrons. The molecule has 0 aliphatic heterocycles. The third kappa shape index (κ3) is 5.63. The first-order chi connectivity index (χ1) is 15.9. The van der Waals surface area contributed by atoms with Crippen molar-refractivity contribution in [1.29, 1.82) is 0 Å². The van der Waals surface area contributed by atoms with Crippen LogP contribution >= 0.6 is 0 Å². The largest absolute Gasteiger partial charge is 0.469 e. The van der Waals surface area contributed by atoms with Crippen LogP contribution in [0.15, 0.2) is 0 Å². The zero-order valence-corrected chi connectivity index (χ0v) is 22.4. The lowest BCUT2D eigenvalue weighted by molar-refractivity contribution is -0.140. The summed E-state index contributed by atoms with van der Waals surface area (Å²) in [7, 11) is 4.62. The van der Waals surface area contributed by atoms with Gasteiger partial charge in [-0.05, 0) is 118 Å². The molecule has 0 radical (unpaired) electrons. The Balaban J connectivity index is 0.00000149. The molecular weight excluding hydrogens is 410 g/mol. The molecule has 0 heterocycles. The Morgan fingerprint density at radius 3 is 2.42 bits per heavy atom. The van der Waals surface area contributed by atoms with Crippen molar-refractivity contribution >= 4 is 5.97 Å². The van der Waals surface area contributed by atoms with E-state index in [2.05, 4.69) is 25.8 Å². The van der Waals surface area contributed by atoms with Crippen LogP contribution in [0.1, 0.15) is 104 Å². The van der Waals surface area contributed by atoms with E-state index >= 15 is 0 Å². The van der Waals surface area contributed by atoms with E-state index in [1.807, 2.05) is 0 Å². The number of methoxy groups -OCH3 is 1. The lowest BCUT2D eigenvalue weighted by Crippen LogP contribution is -2.52. The molecule has 4 aliphatic rings. The van der Waals surface area contributed by atoms with E-state index in [1.54, 1.807) is 6.42 Å². The number of aliphatic hydroxyl groups is 1. The number of carbonyl (C=O) groups excluding carboxylic acids is 1. The first kappa shape index (κ1) is 27.0. The van der Waals surface area contributed by atoms with Crippen LogP contribution in [-0.2, 0) is 9.53 Å². The molecule has 0 bridgehead atoms. The minimum atomic E-state index is -0.0940. The number of fused-ring (bicyclic) bond motifs is 5. The highest BCUT2D eigenvalue weighted by Gasteiger charge is 2.59. The molecule has 4 rings (SSSR count). The number of aliphatic hydroxyl groups excluding tert-OH is 1. The molecule has 4 aliphatic carbocycles. The molecule has 0 amide bonds. The average Bonchev–Trinajstić information content (AvgIpc) is 3.17. The first-order valence-electron chi connectivity index (χ1n) is 14.1. The molecule has 7 unspecified atom stereocenters. The van der Waals surface area contributed by atoms with Gasteiger partial charge in [0.25, 0.3) is 0 Å². The van der Waals surface area contributed by atoms with Crippen molar-refractivity contribution in [3.8, 4) is 0 Å². The topological polar surface area (TPSA) is 49.8 Å². The maximum atomic E-state index is 11.3. The van der Waals surface area contributed by atoms with Crippen molar-refractivity contribution in [3.05, 3.63) is 0 Å². The highest BCUT2D eigenvalue weighted by Crippen LogP contribution is 2.67. The van der Waals surface area contributed by atoms with E-state index in [9.17, 15) is 4.79 Å². The second-order valence-corrected chi connectivity index (χ2v) is 12.3. The third-order valence-electron chi connectivity index (χ3n) is 11.0. The average molecular weight is 464 g/mol. The van der Waals surface area contributed by atoms with Gasteiger partial charge in [0.15, 0.2) is 0 Å². The fraction of sp³-hybridized carbons (Fsp3) is 0.966. The predicted molar refractivity (Wildman–Crippen MR) is 136 cm³/mol. The van der Waals surface area contributed by atoms with Gasteiger partial charge in [-0.2, -0.15) is 0 Å². The molecule has 4 heteroatoms. The molecular formula is C29H53NO3. The fourth-order valence-electron chi connectivity index (χ4n) is 9.15. The molecule has 4 nitrogen and oxygen atoms in total. The van der Waals surface area contributed by atoms with Crippen molar-refractivity contribution < 1.29 is 14.6 Å². The molecule has 33 heavy (non-hydrogen) atoms. The number of rotatable bonds is 8. The van der Waals surface area contributed by atoms with Crippen molar-refractivity contribution in [2.24, 2.45) is 40.4 Å². The Labute approximate surface area is 204 Å². The molecule has 1 N–H and O–H groups in total. The Hall–Kier alpha value is -0.610. The summed E-state index contributed by atoms with van der Waals surface area (Å²) in [4.78, 5) is 13.6. The maximum Gasteiger partial charge on any atom is 0.306 e. The van der Waals surface area contributed by atoms with Gasteiger partial charge >= 0.3 is 5.97 Å². The van der Waals surface area contributed by atoms with Crippen molar-refractivity contribution in [2.75, 3.05) is 34.4 Å². The smallest absolute Gasteiger partial charge is 0.306 e. The van der Waals surface area contributed by atoms with Crippen LogP contribution in [0.3, 0.4) is 0 Å². The lowest BCUT2D eigenvalue weighted by atomic mass is 9.45. The molecule has 0 spiro atoms. The molecule has 4 saturated carbocycles. The Morgan fingerprint density at radius 1 is 0.909 bits per heavy atom. The van der Waals surface area contributed by atoms with Crippen LogP contribution < -0.4 is 0 Å². The summed E-state index contributed by atoms with van der Waals surface area (Å²) in [5, 5.41) is 7.00. The van der Waals surface area contributed by atoms with E-state index < -0.39 is 0 Å². The standard InChI is InChI=1S/C28H49NO2.CH4O/c1-27-17-7-5-9-21(27)11-13-23-24-14-12-22(28(24,2)18-15-25(23)27)10-6-8-19-29(3)20-16-26(30)31-4;1-2/h21-25H,5-20H2,1-4H3;2H,1H3. The summed E-state index contributed by atoms with van der Waals surface area (Å²) in [5.41, 5.74) is 1.30. The molecule has 0 saturated heterocycles. The number of ether oxygens (including phenoxy) is 1. The van der Waals surface area contributed by atoms with Crippen LogP contribution in [-0.4, -0.2) is 50.3 Å². The van der Waals surface area contributed by atoms with E-state index in [1.165, 1.54) is 84.2 Å². The van der Waals surface area contributed by atoms with Crippen LogP contribution in [0, 0.1) is 40.4 Å². The monoisotopic (exact) mass is 463 g/mol. The van der Waals surface area contributed by atoms with Gasteiger partial charge in [-0.15, -0.1) is 0 Å². The SMILES string of the molecule is CO.COC(=O)CCN(C)CCCCC1CCC2C3CCC4CCCCC4(C)C3CCC12C. The predicted octanol–water partition coefficient (Wildman–Crippen LogP) is 6.31. The second kappa shape index (κ2) is 11.9.